The van der Waals surface area contributed by atoms with E-state index in [0.717, 1.165) is 10.4 Å². The quantitative estimate of drug-likeness (QED) is 0.746. The van der Waals surface area contributed by atoms with Crippen LogP contribution in [0, 0.1) is 11.3 Å². The summed E-state index contributed by atoms with van der Waals surface area (Å²) in [4.78, 5) is 27.9. The van der Waals surface area contributed by atoms with Crippen LogP contribution in [0.25, 0.3) is 0 Å². The van der Waals surface area contributed by atoms with Gasteiger partial charge in [-0.1, -0.05) is 6.07 Å². The lowest BCUT2D eigenvalue weighted by Crippen LogP contribution is -2.40. The summed E-state index contributed by atoms with van der Waals surface area (Å²) in [5.74, 6) is 0.945. The molecule has 0 amide bonds. The molecule has 8 heteroatoms. The van der Waals surface area contributed by atoms with Gasteiger partial charge in [-0.25, -0.2) is 9.78 Å². The Labute approximate surface area is 126 Å². The predicted molar refractivity (Wildman–Crippen MR) is 82.9 cm³/mol. The molecule has 0 aliphatic heterocycles. The fourth-order valence-corrected chi connectivity index (χ4v) is 1.99. The Hall–Kier alpha value is -3.08. The van der Waals surface area contributed by atoms with Gasteiger partial charge in [-0.3, -0.25) is 13.9 Å². The molecule has 0 radical (unpaired) electrons. The monoisotopic (exact) mass is 300 g/mol. The summed E-state index contributed by atoms with van der Waals surface area (Å²) in [6.07, 6.45) is 1.67. The lowest BCUT2D eigenvalue weighted by Gasteiger charge is -2.14. The van der Waals surface area contributed by atoms with E-state index >= 15 is 0 Å². The van der Waals surface area contributed by atoms with Crippen molar-refractivity contribution in [2.24, 2.45) is 14.1 Å². The molecule has 22 heavy (non-hydrogen) atoms. The summed E-state index contributed by atoms with van der Waals surface area (Å²) in [6, 6.07) is 7.35. The minimum Gasteiger partial charge on any atom is -0.368 e. The van der Waals surface area contributed by atoms with Crippen LogP contribution in [0.15, 0.2) is 34.0 Å². The van der Waals surface area contributed by atoms with Gasteiger partial charge in [0.05, 0.1) is 0 Å². The molecular weight excluding hydrogens is 284 g/mol. The molecule has 0 aromatic carbocycles. The highest BCUT2D eigenvalue weighted by Crippen LogP contribution is 2.06. The van der Waals surface area contributed by atoms with Crippen LogP contribution in [0.1, 0.15) is 5.56 Å². The zero-order valence-corrected chi connectivity index (χ0v) is 12.3. The SMILES string of the molecule is Cn1c(NCCNc2ccccn2)c(C#N)c(=O)n(C)c1=O. The van der Waals surface area contributed by atoms with Gasteiger partial charge in [0.25, 0.3) is 5.56 Å². The van der Waals surface area contributed by atoms with E-state index in [-0.39, 0.29) is 11.4 Å². The molecule has 0 aliphatic carbocycles. The van der Waals surface area contributed by atoms with Crippen molar-refractivity contribution in [1.29, 1.82) is 5.26 Å². The van der Waals surface area contributed by atoms with Crippen molar-refractivity contribution < 1.29 is 0 Å². The number of pyridine rings is 1. The maximum absolute atomic E-state index is 11.9. The van der Waals surface area contributed by atoms with Gasteiger partial charge in [0.1, 0.15) is 17.7 Å². The number of hydrogen-bond acceptors (Lipinski definition) is 6. The Morgan fingerprint density at radius 1 is 1.18 bits per heavy atom. The van der Waals surface area contributed by atoms with Gasteiger partial charge in [-0.2, -0.15) is 5.26 Å². The number of anilines is 2. The Morgan fingerprint density at radius 2 is 1.91 bits per heavy atom. The van der Waals surface area contributed by atoms with Crippen molar-refractivity contribution in [2.75, 3.05) is 23.7 Å². The molecule has 2 rings (SSSR count). The van der Waals surface area contributed by atoms with Gasteiger partial charge in [0.15, 0.2) is 5.56 Å². The minimum atomic E-state index is -0.606. The molecule has 0 spiro atoms. The normalized spacial score (nSPS) is 10.0. The highest BCUT2D eigenvalue weighted by molar-refractivity contribution is 5.51. The van der Waals surface area contributed by atoms with Gasteiger partial charge in [-0.05, 0) is 12.1 Å². The molecule has 0 aliphatic rings. The molecule has 2 N–H and O–H groups in total. The molecule has 114 valence electrons. The smallest absolute Gasteiger partial charge is 0.332 e. The van der Waals surface area contributed by atoms with Gasteiger partial charge < -0.3 is 10.6 Å². The fraction of sp³-hybridized carbons (Fsp3) is 0.286. The third-order valence-corrected chi connectivity index (χ3v) is 3.16. The van der Waals surface area contributed by atoms with E-state index in [1.54, 1.807) is 6.20 Å². The maximum atomic E-state index is 11.9. The number of rotatable bonds is 5. The van der Waals surface area contributed by atoms with Crippen molar-refractivity contribution in [1.82, 2.24) is 14.1 Å². The van der Waals surface area contributed by atoms with E-state index < -0.39 is 11.2 Å². The van der Waals surface area contributed by atoms with E-state index in [9.17, 15) is 9.59 Å². The van der Waals surface area contributed by atoms with Crippen molar-refractivity contribution in [2.45, 2.75) is 0 Å². The summed E-state index contributed by atoms with van der Waals surface area (Å²) in [5, 5.41) is 15.2. The van der Waals surface area contributed by atoms with Gasteiger partial charge in [0, 0.05) is 33.4 Å². The summed E-state index contributed by atoms with van der Waals surface area (Å²) in [5.41, 5.74) is -1.17. The molecule has 0 atom stereocenters. The van der Waals surface area contributed by atoms with Crippen LogP contribution in [0.4, 0.5) is 11.6 Å². The Bertz CT molecular complexity index is 816. The number of nitriles is 1. The number of hydrogen-bond donors (Lipinski definition) is 2. The summed E-state index contributed by atoms with van der Waals surface area (Å²) < 4.78 is 2.16. The molecule has 0 saturated heterocycles. The Kier molecular flexibility index (Phi) is 4.58. The van der Waals surface area contributed by atoms with Crippen LogP contribution in [-0.4, -0.2) is 27.2 Å². The van der Waals surface area contributed by atoms with E-state index in [0.29, 0.717) is 13.1 Å². The second-order valence-corrected chi connectivity index (χ2v) is 4.61. The number of nitrogens with one attached hydrogen (secondary N) is 2. The third kappa shape index (κ3) is 2.98. The van der Waals surface area contributed by atoms with Crippen molar-refractivity contribution >= 4 is 11.6 Å². The molecule has 2 heterocycles. The zero-order chi connectivity index (χ0) is 16.1. The van der Waals surface area contributed by atoms with Crippen LogP contribution in [0.3, 0.4) is 0 Å². The topological polar surface area (TPSA) is 105 Å². The predicted octanol–water partition coefficient (Wildman–Crippen LogP) is -0.125. The first kappa shape index (κ1) is 15.3. The molecular formula is C14H16N6O2. The Morgan fingerprint density at radius 3 is 2.55 bits per heavy atom. The van der Waals surface area contributed by atoms with Gasteiger partial charge >= 0.3 is 5.69 Å². The molecule has 2 aromatic rings. The second-order valence-electron chi connectivity index (χ2n) is 4.61. The van der Waals surface area contributed by atoms with Crippen LogP contribution in [0.5, 0.6) is 0 Å². The molecule has 2 aromatic heterocycles. The average Bonchev–Trinajstić information content (AvgIpc) is 2.55. The molecule has 0 bridgehead atoms. The number of aromatic nitrogens is 3. The van der Waals surface area contributed by atoms with E-state index in [1.807, 2.05) is 24.3 Å². The highest BCUT2D eigenvalue weighted by atomic mass is 16.2. The van der Waals surface area contributed by atoms with Crippen molar-refractivity contribution in [3.05, 3.63) is 50.8 Å². The fourth-order valence-electron chi connectivity index (χ4n) is 1.99. The maximum Gasteiger partial charge on any atom is 0.332 e. The summed E-state index contributed by atoms with van der Waals surface area (Å²) in [6.45, 7) is 0.941. The zero-order valence-electron chi connectivity index (χ0n) is 12.3. The molecule has 0 unspecified atom stereocenters. The van der Waals surface area contributed by atoms with E-state index in [1.165, 1.54) is 18.7 Å². The standard InChI is InChI=1S/C14H16N6O2/c1-19-12(10(9-15)13(21)20(2)14(19)22)18-8-7-17-11-5-3-4-6-16-11/h3-6,18H,7-8H2,1-2H3,(H,16,17). The first-order chi connectivity index (χ1) is 10.6. The van der Waals surface area contributed by atoms with Crippen LogP contribution in [-0.2, 0) is 14.1 Å². The highest BCUT2D eigenvalue weighted by Gasteiger charge is 2.14. The minimum absolute atomic E-state index is 0.0811. The van der Waals surface area contributed by atoms with Crippen LogP contribution >= 0.6 is 0 Å². The number of nitrogens with zero attached hydrogens (tertiary/aromatic N) is 4. The first-order valence-corrected chi connectivity index (χ1v) is 6.65. The molecule has 0 fully saturated rings. The molecule has 8 nitrogen and oxygen atoms in total. The lowest BCUT2D eigenvalue weighted by atomic mass is 10.3. The van der Waals surface area contributed by atoms with Crippen molar-refractivity contribution in [3.63, 3.8) is 0 Å². The lowest BCUT2D eigenvalue weighted by molar-refractivity contribution is 0.685. The summed E-state index contributed by atoms with van der Waals surface area (Å²) >= 11 is 0. The van der Waals surface area contributed by atoms with E-state index in [2.05, 4.69) is 15.6 Å². The van der Waals surface area contributed by atoms with Crippen molar-refractivity contribution in [3.8, 4) is 6.07 Å². The second kappa shape index (κ2) is 6.58. The first-order valence-electron chi connectivity index (χ1n) is 6.65. The van der Waals surface area contributed by atoms with E-state index in [4.69, 9.17) is 5.26 Å². The largest absolute Gasteiger partial charge is 0.368 e. The summed E-state index contributed by atoms with van der Waals surface area (Å²) in [7, 11) is 2.86. The van der Waals surface area contributed by atoms with Crippen LogP contribution in [0.2, 0.25) is 0 Å². The van der Waals surface area contributed by atoms with Crippen LogP contribution < -0.4 is 21.9 Å². The Balaban J connectivity index is 2.12. The average molecular weight is 300 g/mol. The third-order valence-electron chi connectivity index (χ3n) is 3.16. The molecule has 0 saturated carbocycles. The van der Waals surface area contributed by atoms with Gasteiger partial charge in [0.2, 0.25) is 0 Å². The van der Waals surface area contributed by atoms with Gasteiger partial charge in [-0.15, -0.1) is 0 Å².